The Morgan fingerprint density at radius 1 is 1.13 bits per heavy atom. The van der Waals surface area contributed by atoms with E-state index < -0.39 is 29.4 Å². The number of carbonyl (C=O) groups is 3. The van der Waals surface area contributed by atoms with Gasteiger partial charge in [-0.05, 0) is 12.1 Å². The van der Waals surface area contributed by atoms with E-state index in [-0.39, 0.29) is 17.0 Å². The van der Waals surface area contributed by atoms with Crippen LogP contribution in [-0.2, 0) is 23.8 Å². The SMILES string of the molecule is COC(=O)c1ccc(N=C2C(=O)OC(C)(C)OC2=O)cc1OC. The van der Waals surface area contributed by atoms with Gasteiger partial charge in [0.25, 0.3) is 5.79 Å². The van der Waals surface area contributed by atoms with Crippen LogP contribution in [0, 0.1) is 0 Å². The molecule has 0 aliphatic carbocycles. The van der Waals surface area contributed by atoms with Crippen molar-refractivity contribution in [2.24, 2.45) is 4.99 Å². The number of benzene rings is 1. The highest BCUT2D eigenvalue weighted by molar-refractivity contribution is 6.63. The molecule has 1 aromatic carbocycles. The number of aliphatic imine (C=N–C) groups is 1. The second kappa shape index (κ2) is 6.07. The number of hydrogen-bond donors (Lipinski definition) is 0. The minimum Gasteiger partial charge on any atom is -0.496 e. The van der Waals surface area contributed by atoms with Crippen molar-refractivity contribution >= 4 is 29.3 Å². The molecular formula is C15H15NO7. The quantitative estimate of drug-likeness (QED) is 0.775. The third-order valence-corrected chi connectivity index (χ3v) is 2.89. The summed E-state index contributed by atoms with van der Waals surface area (Å²) in [5, 5.41) is 0. The number of cyclic esters (lactones) is 2. The number of esters is 3. The topological polar surface area (TPSA) is 100 Å². The smallest absolute Gasteiger partial charge is 0.367 e. The Hall–Kier alpha value is -2.90. The monoisotopic (exact) mass is 321 g/mol. The molecule has 1 saturated heterocycles. The van der Waals surface area contributed by atoms with Crippen molar-refractivity contribution in [2.45, 2.75) is 19.6 Å². The molecule has 0 bridgehead atoms. The van der Waals surface area contributed by atoms with Crippen LogP contribution in [0.1, 0.15) is 24.2 Å². The van der Waals surface area contributed by atoms with Crippen LogP contribution in [0.15, 0.2) is 23.2 Å². The number of carbonyl (C=O) groups excluding carboxylic acids is 3. The molecule has 0 spiro atoms. The van der Waals surface area contributed by atoms with E-state index in [1.54, 1.807) is 0 Å². The summed E-state index contributed by atoms with van der Waals surface area (Å²) in [6.45, 7) is 2.88. The molecule has 1 aliphatic rings. The van der Waals surface area contributed by atoms with E-state index in [1.165, 1.54) is 46.3 Å². The van der Waals surface area contributed by atoms with E-state index in [0.717, 1.165) is 0 Å². The van der Waals surface area contributed by atoms with Gasteiger partial charge < -0.3 is 18.9 Å². The van der Waals surface area contributed by atoms with Crippen LogP contribution >= 0.6 is 0 Å². The molecule has 1 fully saturated rings. The summed E-state index contributed by atoms with van der Waals surface area (Å²) in [7, 11) is 2.61. The minimum atomic E-state index is -1.33. The fourth-order valence-electron chi connectivity index (χ4n) is 1.90. The maximum atomic E-state index is 11.8. The summed E-state index contributed by atoms with van der Waals surface area (Å²) in [6.07, 6.45) is 0. The lowest BCUT2D eigenvalue weighted by Crippen LogP contribution is -2.46. The number of nitrogens with zero attached hydrogens (tertiary/aromatic N) is 1. The average Bonchev–Trinajstić information content (AvgIpc) is 2.49. The zero-order valence-corrected chi connectivity index (χ0v) is 13.0. The lowest BCUT2D eigenvalue weighted by atomic mass is 10.2. The Morgan fingerprint density at radius 3 is 2.26 bits per heavy atom. The second-order valence-electron chi connectivity index (χ2n) is 5.02. The summed E-state index contributed by atoms with van der Waals surface area (Å²) in [6, 6.07) is 4.23. The van der Waals surface area contributed by atoms with E-state index in [0.29, 0.717) is 0 Å². The van der Waals surface area contributed by atoms with Gasteiger partial charge in [-0.2, -0.15) is 0 Å². The first-order valence-corrected chi connectivity index (χ1v) is 6.59. The lowest BCUT2D eigenvalue weighted by molar-refractivity contribution is -0.214. The Kier molecular flexibility index (Phi) is 4.35. The highest BCUT2D eigenvalue weighted by Crippen LogP contribution is 2.27. The Morgan fingerprint density at radius 2 is 1.74 bits per heavy atom. The van der Waals surface area contributed by atoms with Gasteiger partial charge >= 0.3 is 17.9 Å². The van der Waals surface area contributed by atoms with Crippen molar-refractivity contribution in [1.82, 2.24) is 0 Å². The van der Waals surface area contributed by atoms with Crippen LogP contribution in [0.2, 0.25) is 0 Å². The van der Waals surface area contributed by atoms with Gasteiger partial charge in [-0.25, -0.2) is 19.4 Å². The maximum absolute atomic E-state index is 11.8. The van der Waals surface area contributed by atoms with Gasteiger partial charge in [0.1, 0.15) is 11.3 Å². The van der Waals surface area contributed by atoms with Gasteiger partial charge in [0, 0.05) is 19.9 Å². The molecule has 0 atom stereocenters. The molecule has 0 amide bonds. The highest BCUT2D eigenvalue weighted by atomic mass is 16.7. The summed E-state index contributed by atoms with van der Waals surface area (Å²) in [5.41, 5.74) is -0.0795. The number of hydrogen-bond acceptors (Lipinski definition) is 8. The predicted octanol–water partition coefficient (Wildman–Crippen LogP) is 1.39. The largest absolute Gasteiger partial charge is 0.496 e. The molecule has 122 valence electrons. The van der Waals surface area contributed by atoms with Crippen molar-refractivity contribution in [2.75, 3.05) is 14.2 Å². The van der Waals surface area contributed by atoms with E-state index in [1.807, 2.05) is 0 Å². The number of ether oxygens (including phenoxy) is 4. The van der Waals surface area contributed by atoms with Crippen LogP contribution in [0.5, 0.6) is 5.75 Å². The number of methoxy groups -OCH3 is 2. The van der Waals surface area contributed by atoms with Crippen LogP contribution in [0.25, 0.3) is 0 Å². The first-order chi connectivity index (χ1) is 10.8. The van der Waals surface area contributed by atoms with Gasteiger partial charge in [0.05, 0.1) is 19.9 Å². The first kappa shape index (κ1) is 16.5. The Balaban J connectivity index is 2.38. The normalized spacial score (nSPS) is 16.3. The van der Waals surface area contributed by atoms with Crippen LogP contribution in [-0.4, -0.2) is 43.6 Å². The summed E-state index contributed by atoms with van der Waals surface area (Å²) < 4.78 is 19.6. The van der Waals surface area contributed by atoms with Gasteiger partial charge in [-0.3, -0.25) is 0 Å². The molecule has 0 saturated carbocycles. The van der Waals surface area contributed by atoms with Gasteiger partial charge in [0.2, 0.25) is 5.71 Å². The van der Waals surface area contributed by atoms with E-state index in [4.69, 9.17) is 14.2 Å². The molecular weight excluding hydrogens is 306 g/mol. The second-order valence-corrected chi connectivity index (χ2v) is 5.02. The predicted molar refractivity (Wildman–Crippen MR) is 77.7 cm³/mol. The fourth-order valence-corrected chi connectivity index (χ4v) is 1.90. The molecule has 0 radical (unpaired) electrons. The van der Waals surface area contributed by atoms with E-state index >= 15 is 0 Å². The molecule has 0 unspecified atom stereocenters. The fraction of sp³-hybridized carbons (Fsp3) is 0.333. The van der Waals surface area contributed by atoms with Crippen molar-refractivity contribution in [3.63, 3.8) is 0 Å². The Labute approximate surface area is 132 Å². The van der Waals surface area contributed by atoms with Crippen molar-refractivity contribution in [1.29, 1.82) is 0 Å². The van der Waals surface area contributed by atoms with Gasteiger partial charge in [0.15, 0.2) is 0 Å². The summed E-state index contributed by atoms with van der Waals surface area (Å²) in [5.74, 6) is -3.50. The molecule has 0 N–H and O–H groups in total. The zero-order chi connectivity index (χ0) is 17.2. The van der Waals surface area contributed by atoms with Crippen LogP contribution in [0.4, 0.5) is 5.69 Å². The molecule has 1 heterocycles. The van der Waals surface area contributed by atoms with E-state index in [2.05, 4.69) is 9.73 Å². The molecule has 0 aromatic heterocycles. The molecule has 1 aromatic rings. The zero-order valence-electron chi connectivity index (χ0n) is 13.0. The standard InChI is InChI=1S/C15H15NO7/c1-15(2)22-13(18)11(14(19)23-15)16-8-5-6-9(12(17)21-4)10(7-8)20-3/h5-7H,1-4H3. The van der Waals surface area contributed by atoms with Crippen molar-refractivity contribution in [3.8, 4) is 5.75 Å². The third-order valence-electron chi connectivity index (χ3n) is 2.89. The maximum Gasteiger partial charge on any atom is 0.367 e. The van der Waals surface area contributed by atoms with Crippen LogP contribution in [0.3, 0.4) is 0 Å². The summed E-state index contributed by atoms with van der Waals surface area (Å²) >= 11 is 0. The molecule has 23 heavy (non-hydrogen) atoms. The minimum absolute atomic E-state index is 0.189. The summed E-state index contributed by atoms with van der Waals surface area (Å²) in [4.78, 5) is 39.2. The van der Waals surface area contributed by atoms with Crippen molar-refractivity contribution in [3.05, 3.63) is 23.8 Å². The Bertz CT molecular complexity index is 684. The van der Waals surface area contributed by atoms with Gasteiger partial charge in [-0.1, -0.05) is 0 Å². The third kappa shape index (κ3) is 3.47. The molecule has 2 rings (SSSR count). The molecule has 8 nitrogen and oxygen atoms in total. The number of rotatable bonds is 3. The average molecular weight is 321 g/mol. The molecule has 1 aliphatic heterocycles. The van der Waals surface area contributed by atoms with E-state index in [9.17, 15) is 14.4 Å². The first-order valence-electron chi connectivity index (χ1n) is 6.59. The highest BCUT2D eigenvalue weighted by Gasteiger charge is 2.40. The lowest BCUT2D eigenvalue weighted by Gasteiger charge is -2.29. The van der Waals surface area contributed by atoms with Gasteiger partial charge in [-0.15, -0.1) is 0 Å². The molecule has 8 heteroatoms. The van der Waals surface area contributed by atoms with Crippen molar-refractivity contribution < 1.29 is 33.3 Å². The van der Waals surface area contributed by atoms with Crippen LogP contribution < -0.4 is 4.74 Å².